The van der Waals surface area contributed by atoms with E-state index in [9.17, 15) is 13.2 Å². The predicted octanol–water partition coefficient (Wildman–Crippen LogP) is 3.62. The largest absolute Gasteiger partial charge is 0.417 e. The Hall–Kier alpha value is -1.21. The first-order valence-electron chi connectivity index (χ1n) is 4.07. The zero-order chi connectivity index (χ0) is 11.6. The van der Waals surface area contributed by atoms with Gasteiger partial charge in [-0.15, -0.1) is 11.6 Å². The molecular weight excluding hydrogens is 227 g/mol. The van der Waals surface area contributed by atoms with E-state index in [1.807, 2.05) is 0 Å². The van der Waals surface area contributed by atoms with E-state index in [0.717, 1.165) is 6.07 Å². The number of halogens is 4. The summed E-state index contributed by atoms with van der Waals surface area (Å²) in [5.41, 5.74) is -0.308. The molecule has 15 heavy (non-hydrogen) atoms. The topological polar surface area (TPSA) is 23.8 Å². The van der Waals surface area contributed by atoms with Gasteiger partial charge in [0.05, 0.1) is 17.2 Å². The van der Waals surface area contributed by atoms with E-state index < -0.39 is 11.7 Å². The molecule has 0 aliphatic carbocycles. The molecule has 1 aromatic carbocycles. The minimum absolute atomic E-state index is 0.0959. The molecule has 0 aromatic heterocycles. The van der Waals surface area contributed by atoms with E-state index in [1.165, 1.54) is 19.1 Å². The number of aryl methyl sites for hydroxylation is 1. The second-order valence-electron chi connectivity index (χ2n) is 3.07. The van der Waals surface area contributed by atoms with Crippen LogP contribution in [0.25, 0.3) is 0 Å². The molecule has 1 aromatic rings. The minimum atomic E-state index is -4.50. The number of alkyl halides is 4. The van der Waals surface area contributed by atoms with Gasteiger partial charge in [0, 0.05) is 5.88 Å². The van der Waals surface area contributed by atoms with Crippen molar-refractivity contribution in [3.63, 3.8) is 0 Å². The van der Waals surface area contributed by atoms with Gasteiger partial charge < -0.3 is 0 Å². The van der Waals surface area contributed by atoms with Crippen LogP contribution < -0.4 is 0 Å². The van der Waals surface area contributed by atoms with Crippen LogP contribution >= 0.6 is 11.6 Å². The third-order valence-corrected chi connectivity index (χ3v) is 2.33. The third kappa shape index (κ3) is 2.42. The highest BCUT2D eigenvalue weighted by molar-refractivity contribution is 6.17. The Morgan fingerprint density at radius 3 is 2.40 bits per heavy atom. The Morgan fingerprint density at radius 2 is 2.00 bits per heavy atom. The Labute approximate surface area is 90.1 Å². The maximum Gasteiger partial charge on any atom is 0.417 e. The SMILES string of the molecule is Cc1cc(C(F)(F)F)c(C#N)cc1CCl. The number of hydrogen-bond donors (Lipinski definition) is 0. The Bertz CT molecular complexity index is 418. The van der Waals surface area contributed by atoms with Crippen molar-refractivity contribution in [3.05, 3.63) is 34.4 Å². The normalized spacial score (nSPS) is 11.2. The van der Waals surface area contributed by atoms with Crippen LogP contribution in [0.2, 0.25) is 0 Å². The molecule has 80 valence electrons. The zero-order valence-electron chi connectivity index (χ0n) is 7.82. The lowest BCUT2D eigenvalue weighted by molar-refractivity contribution is -0.137. The maximum absolute atomic E-state index is 12.5. The van der Waals surface area contributed by atoms with Crippen molar-refractivity contribution in [1.29, 1.82) is 5.26 Å². The van der Waals surface area contributed by atoms with Crippen LogP contribution in [0.1, 0.15) is 22.3 Å². The first-order valence-corrected chi connectivity index (χ1v) is 4.60. The monoisotopic (exact) mass is 233 g/mol. The van der Waals surface area contributed by atoms with Gasteiger partial charge in [-0.1, -0.05) is 0 Å². The first kappa shape index (κ1) is 11.9. The molecule has 5 heteroatoms. The Kier molecular flexibility index (Phi) is 3.25. The summed E-state index contributed by atoms with van der Waals surface area (Å²) < 4.78 is 37.4. The van der Waals surface area contributed by atoms with E-state index >= 15 is 0 Å². The number of nitriles is 1. The lowest BCUT2D eigenvalue weighted by Gasteiger charge is -2.11. The van der Waals surface area contributed by atoms with Crippen molar-refractivity contribution < 1.29 is 13.2 Å². The highest BCUT2D eigenvalue weighted by Gasteiger charge is 2.34. The maximum atomic E-state index is 12.5. The van der Waals surface area contributed by atoms with Gasteiger partial charge in [0.15, 0.2) is 0 Å². The molecule has 0 saturated heterocycles. The fourth-order valence-electron chi connectivity index (χ4n) is 1.22. The minimum Gasteiger partial charge on any atom is -0.192 e. The molecule has 0 aliphatic rings. The van der Waals surface area contributed by atoms with Gasteiger partial charge >= 0.3 is 6.18 Å². The number of nitrogens with zero attached hydrogens (tertiary/aromatic N) is 1. The summed E-state index contributed by atoms with van der Waals surface area (Å²) in [6, 6.07) is 3.67. The van der Waals surface area contributed by atoms with E-state index in [0.29, 0.717) is 11.1 Å². The van der Waals surface area contributed by atoms with Crippen LogP contribution in [0.3, 0.4) is 0 Å². The number of rotatable bonds is 1. The smallest absolute Gasteiger partial charge is 0.192 e. The van der Waals surface area contributed by atoms with Crippen molar-refractivity contribution in [2.45, 2.75) is 19.0 Å². The summed E-state index contributed by atoms with van der Waals surface area (Å²) in [6.45, 7) is 1.54. The third-order valence-electron chi connectivity index (χ3n) is 2.05. The predicted molar refractivity (Wildman–Crippen MR) is 50.5 cm³/mol. The van der Waals surface area contributed by atoms with Crippen LogP contribution in [0.5, 0.6) is 0 Å². The van der Waals surface area contributed by atoms with Crippen LogP contribution in [0.15, 0.2) is 12.1 Å². The van der Waals surface area contributed by atoms with Gasteiger partial charge in [0.2, 0.25) is 0 Å². The summed E-state index contributed by atoms with van der Waals surface area (Å²) in [5.74, 6) is 0.0959. The molecule has 0 amide bonds. The average molecular weight is 234 g/mol. The quantitative estimate of drug-likeness (QED) is 0.680. The van der Waals surface area contributed by atoms with Gasteiger partial charge in [-0.25, -0.2) is 0 Å². The van der Waals surface area contributed by atoms with Gasteiger partial charge in [-0.3, -0.25) is 0 Å². The molecule has 0 radical (unpaired) electrons. The molecule has 0 bridgehead atoms. The van der Waals surface area contributed by atoms with E-state index in [4.69, 9.17) is 16.9 Å². The standard InChI is InChI=1S/C10H7ClF3N/c1-6-2-9(10(12,13)14)8(5-15)3-7(6)4-11/h2-3H,4H2,1H3. The summed E-state index contributed by atoms with van der Waals surface area (Å²) in [6.07, 6.45) is -4.50. The van der Waals surface area contributed by atoms with Crippen molar-refractivity contribution in [3.8, 4) is 6.07 Å². The molecule has 0 unspecified atom stereocenters. The lowest BCUT2D eigenvalue weighted by atomic mass is 10.0. The fraction of sp³-hybridized carbons (Fsp3) is 0.300. The molecule has 0 N–H and O–H groups in total. The van der Waals surface area contributed by atoms with Crippen LogP contribution in [0.4, 0.5) is 13.2 Å². The second kappa shape index (κ2) is 4.11. The molecule has 0 saturated carbocycles. The van der Waals surface area contributed by atoms with Crippen molar-refractivity contribution in [2.24, 2.45) is 0 Å². The van der Waals surface area contributed by atoms with Gasteiger partial charge in [-0.2, -0.15) is 18.4 Å². The summed E-state index contributed by atoms with van der Waals surface area (Å²) >= 11 is 5.54. The molecule has 1 nitrogen and oxygen atoms in total. The number of hydrogen-bond acceptors (Lipinski definition) is 1. The van der Waals surface area contributed by atoms with Gasteiger partial charge in [0.1, 0.15) is 0 Å². The van der Waals surface area contributed by atoms with Crippen LogP contribution in [-0.2, 0) is 12.1 Å². The summed E-state index contributed by atoms with van der Waals surface area (Å²) in [7, 11) is 0. The molecular formula is C10H7ClF3N. The molecule has 0 aliphatic heterocycles. The molecule has 0 atom stereocenters. The first-order chi connectivity index (χ1) is 6.90. The van der Waals surface area contributed by atoms with E-state index in [1.54, 1.807) is 0 Å². The second-order valence-corrected chi connectivity index (χ2v) is 3.33. The molecule has 0 heterocycles. The number of benzene rings is 1. The van der Waals surface area contributed by atoms with Gasteiger partial charge in [-0.05, 0) is 30.2 Å². The molecule has 0 spiro atoms. The Balaban J connectivity index is 3.43. The molecule has 0 fully saturated rings. The Morgan fingerprint density at radius 1 is 1.40 bits per heavy atom. The van der Waals surface area contributed by atoms with E-state index in [-0.39, 0.29) is 11.4 Å². The average Bonchev–Trinajstić information content (AvgIpc) is 2.16. The fourth-order valence-corrected chi connectivity index (χ4v) is 1.51. The zero-order valence-corrected chi connectivity index (χ0v) is 8.58. The highest BCUT2D eigenvalue weighted by Crippen LogP contribution is 2.33. The van der Waals surface area contributed by atoms with Crippen molar-refractivity contribution >= 4 is 11.6 Å². The molecule has 1 rings (SSSR count). The van der Waals surface area contributed by atoms with E-state index in [2.05, 4.69) is 0 Å². The van der Waals surface area contributed by atoms with Crippen LogP contribution in [-0.4, -0.2) is 0 Å². The van der Waals surface area contributed by atoms with Crippen LogP contribution in [0, 0.1) is 18.3 Å². The highest BCUT2D eigenvalue weighted by atomic mass is 35.5. The van der Waals surface area contributed by atoms with Crippen molar-refractivity contribution in [2.75, 3.05) is 0 Å². The van der Waals surface area contributed by atoms with Crippen molar-refractivity contribution in [1.82, 2.24) is 0 Å². The lowest BCUT2D eigenvalue weighted by Crippen LogP contribution is -2.09. The summed E-state index contributed by atoms with van der Waals surface area (Å²) in [5, 5.41) is 8.60. The summed E-state index contributed by atoms with van der Waals surface area (Å²) in [4.78, 5) is 0. The van der Waals surface area contributed by atoms with Gasteiger partial charge in [0.25, 0.3) is 0 Å².